The van der Waals surface area contributed by atoms with Gasteiger partial charge in [-0.1, -0.05) is 24.3 Å². The van der Waals surface area contributed by atoms with Gasteiger partial charge in [0, 0.05) is 12.6 Å². The van der Waals surface area contributed by atoms with Crippen molar-refractivity contribution in [3.05, 3.63) is 75.1 Å². The second-order valence-electron chi connectivity index (χ2n) is 4.54. The molecule has 2 rings (SSSR count). The third-order valence-electron chi connectivity index (χ3n) is 3.03. The summed E-state index contributed by atoms with van der Waals surface area (Å²) in [6, 6.07) is 10.3. The zero-order valence-electron chi connectivity index (χ0n) is 11.3. The van der Waals surface area contributed by atoms with Gasteiger partial charge in [0.25, 0.3) is 11.6 Å². The van der Waals surface area contributed by atoms with Crippen LogP contribution in [-0.4, -0.2) is 10.8 Å². The fourth-order valence-corrected chi connectivity index (χ4v) is 1.85. The topological polar surface area (TPSA) is 72.2 Å². The highest BCUT2D eigenvalue weighted by molar-refractivity contribution is 5.98. The molecule has 21 heavy (non-hydrogen) atoms. The van der Waals surface area contributed by atoms with E-state index in [1.807, 2.05) is 0 Å². The third kappa shape index (κ3) is 3.42. The minimum absolute atomic E-state index is 0.0184. The van der Waals surface area contributed by atoms with E-state index in [2.05, 4.69) is 5.32 Å². The van der Waals surface area contributed by atoms with Gasteiger partial charge in [-0.3, -0.25) is 14.9 Å². The van der Waals surface area contributed by atoms with Crippen molar-refractivity contribution in [2.75, 3.05) is 0 Å². The summed E-state index contributed by atoms with van der Waals surface area (Å²) in [7, 11) is 0. The molecule has 0 spiro atoms. The maximum Gasteiger partial charge on any atom is 0.282 e. The van der Waals surface area contributed by atoms with Crippen molar-refractivity contribution in [3.8, 4) is 0 Å². The normalized spacial score (nSPS) is 10.2. The number of nitro benzene ring substituents is 1. The number of amides is 1. The van der Waals surface area contributed by atoms with Gasteiger partial charge in [-0.25, -0.2) is 4.39 Å². The predicted octanol–water partition coefficient (Wildman–Crippen LogP) is 2.97. The lowest BCUT2D eigenvalue weighted by atomic mass is 10.1. The molecular weight excluding hydrogens is 275 g/mol. The second kappa shape index (κ2) is 6.13. The summed E-state index contributed by atoms with van der Waals surface area (Å²) in [5.74, 6) is -0.921. The van der Waals surface area contributed by atoms with E-state index >= 15 is 0 Å². The minimum atomic E-state index is -0.611. The van der Waals surface area contributed by atoms with Crippen molar-refractivity contribution in [1.82, 2.24) is 5.32 Å². The molecule has 0 aromatic heterocycles. The zero-order valence-corrected chi connectivity index (χ0v) is 11.3. The highest BCUT2D eigenvalue weighted by Gasteiger charge is 2.18. The zero-order chi connectivity index (χ0) is 15.4. The standard InChI is InChI=1S/C15H13FN2O3/c1-10-6-7-11(8-13(10)16)9-17-15(19)12-4-2-3-5-14(12)18(20)21/h2-8H,9H2,1H3,(H,17,19). The van der Waals surface area contributed by atoms with E-state index in [4.69, 9.17) is 0 Å². The average molecular weight is 288 g/mol. The Morgan fingerprint density at radius 2 is 2.00 bits per heavy atom. The summed E-state index contributed by atoms with van der Waals surface area (Å²) in [5, 5.41) is 13.4. The van der Waals surface area contributed by atoms with Crippen molar-refractivity contribution >= 4 is 11.6 Å². The van der Waals surface area contributed by atoms with Crippen LogP contribution in [0.2, 0.25) is 0 Å². The van der Waals surface area contributed by atoms with Gasteiger partial charge in [0.15, 0.2) is 0 Å². The molecule has 6 heteroatoms. The van der Waals surface area contributed by atoms with Crippen LogP contribution >= 0.6 is 0 Å². The number of nitrogens with one attached hydrogen (secondary N) is 1. The molecule has 0 heterocycles. The van der Waals surface area contributed by atoms with Gasteiger partial charge < -0.3 is 5.32 Å². The molecule has 1 N–H and O–H groups in total. The van der Waals surface area contributed by atoms with Gasteiger partial charge in [-0.15, -0.1) is 0 Å². The monoisotopic (exact) mass is 288 g/mol. The highest BCUT2D eigenvalue weighted by atomic mass is 19.1. The molecule has 0 saturated heterocycles. The van der Waals surface area contributed by atoms with Crippen LogP contribution in [0.5, 0.6) is 0 Å². The summed E-state index contributed by atoms with van der Waals surface area (Å²) < 4.78 is 13.4. The lowest BCUT2D eigenvalue weighted by Gasteiger charge is -2.07. The van der Waals surface area contributed by atoms with Crippen molar-refractivity contribution in [3.63, 3.8) is 0 Å². The Hall–Kier alpha value is -2.76. The number of carbonyl (C=O) groups excluding carboxylic acids is 1. The number of nitrogens with zero attached hydrogens (tertiary/aromatic N) is 1. The molecule has 5 nitrogen and oxygen atoms in total. The first kappa shape index (κ1) is 14.6. The molecule has 0 radical (unpaired) electrons. The molecular formula is C15H13FN2O3. The Bertz CT molecular complexity index is 701. The van der Waals surface area contributed by atoms with Gasteiger partial charge in [0.05, 0.1) is 4.92 Å². The smallest absolute Gasteiger partial charge is 0.282 e. The van der Waals surface area contributed by atoms with Crippen LogP contribution < -0.4 is 5.32 Å². The van der Waals surface area contributed by atoms with Crippen LogP contribution in [0, 0.1) is 22.9 Å². The van der Waals surface area contributed by atoms with E-state index in [1.54, 1.807) is 25.1 Å². The molecule has 0 unspecified atom stereocenters. The number of carbonyl (C=O) groups is 1. The molecule has 2 aromatic rings. The number of nitro groups is 1. The molecule has 0 aliphatic carbocycles. The maximum absolute atomic E-state index is 13.4. The van der Waals surface area contributed by atoms with Gasteiger partial charge >= 0.3 is 0 Å². The molecule has 0 fully saturated rings. The van der Waals surface area contributed by atoms with Gasteiger partial charge in [0.2, 0.25) is 0 Å². The summed E-state index contributed by atoms with van der Waals surface area (Å²) in [4.78, 5) is 22.2. The summed E-state index contributed by atoms with van der Waals surface area (Å²) in [5.41, 5.74) is 0.828. The molecule has 0 aliphatic heterocycles. The van der Waals surface area contributed by atoms with Crippen LogP contribution in [-0.2, 0) is 6.54 Å². The second-order valence-corrected chi connectivity index (χ2v) is 4.54. The highest BCUT2D eigenvalue weighted by Crippen LogP contribution is 2.17. The summed E-state index contributed by atoms with van der Waals surface area (Å²) in [6.07, 6.45) is 0. The first-order valence-corrected chi connectivity index (χ1v) is 6.25. The first-order valence-electron chi connectivity index (χ1n) is 6.25. The van der Waals surface area contributed by atoms with Crippen LogP contribution in [0.4, 0.5) is 10.1 Å². The first-order chi connectivity index (χ1) is 9.99. The quantitative estimate of drug-likeness (QED) is 0.694. The molecule has 0 atom stereocenters. The number of rotatable bonds is 4. The van der Waals surface area contributed by atoms with E-state index < -0.39 is 10.8 Å². The molecule has 108 valence electrons. The van der Waals surface area contributed by atoms with E-state index in [9.17, 15) is 19.3 Å². The number of halogens is 1. The SMILES string of the molecule is Cc1ccc(CNC(=O)c2ccccc2[N+](=O)[O-])cc1F. The van der Waals surface area contributed by atoms with E-state index in [1.165, 1.54) is 24.3 Å². The maximum atomic E-state index is 13.4. The largest absolute Gasteiger partial charge is 0.348 e. The molecule has 0 bridgehead atoms. The van der Waals surface area contributed by atoms with Crippen molar-refractivity contribution in [2.24, 2.45) is 0 Å². The number of benzene rings is 2. The fourth-order valence-electron chi connectivity index (χ4n) is 1.85. The summed E-state index contributed by atoms with van der Waals surface area (Å²) in [6.45, 7) is 1.74. The Morgan fingerprint density at radius 3 is 2.67 bits per heavy atom. The van der Waals surface area contributed by atoms with E-state index in [0.29, 0.717) is 11.1 Å². The lowest BCUT2D eigenvalue weighted by molar-refractivity contribution is -0.385. The Kier molecular flexibility index (Phi) is 4.27. The van der Waals surface area contributed by atoms with Crippen LogP contribution in [0.1, 0.15) is 21.5 Å². The van der Waals surface area contributed by atoms with Crippen LogP contribution in [0.3, 0.4) is 0 Å². The Balaban J connectivity index is 2.12. The summed E-state index contributed by atoms with van der Waals surface area (Å²) >= 11 is 0. The van der Waals surface area contributed by atoms with Crippen LogP contribution in [0.15, 0.2) is 42.5 Å². The van der Waals surface area contributed by atoms with Crippen molar-refractivity contribution < 1.29 is 14.1 Å². The van der Waals surface area contributed by atoms with Gasteiger partial charge in [-0.2, -0.15) is 0 Å². The van der Waals surface area contributed by atoms with Gasteiger partial charge in [0.1, 0.15) is 11.4 Å². The average Bonchev–Trinajstić information content (AvgIpc) is 2.48. The van der Waals surface area contributed by atoms with Gasteiger partial charge in [-0.05, 0) is 30.2 Å². The fraction of sp³-hybridized carbons (Fsp3) is 0.133. The number of hydrogen-bond acceptors (Lipinski definition) is 3. The van der Waals surface area contributed by atoms with E-state index in [-0.39, 0.29) is 23.6 Å². The Morgan fingerprint density at radius 1 is 1.29 bits per heavy atom. The number of hydrogen-bond donors (Lipinski definition) is 1. The molecule has 1 amide bonds. The Labute approximate surface area is 120 Å². The van der Waals surface area contributed by atoms with E-state index in [0.717, 1.165) is 0 Å². The molecule has 0 aliphatic rings. The van der Waals surface area contributed by atoms with Crippen molar-refractivity contribution in [1.29, 1.82) is 0 Å². The lowest BCUT2D eigenvalue weighted by Crippen LogP contribution is -2.23. The minimum Gasteiger partial charge on any atom is -0.348 e. The molecule has 2 aromatic carbocycles. The van der Waals surface area contributed by atoms with Crippen LogP contribution in [0.25, 0.3) is 0 Å². The van der Waals surface area contributed by atoms with Crippen molar-refractivity contribution in [2.45, 2.75) is 13.5 Å². The number of para-hydroxylation sites is 1. The number of aryl methyl sites for hydroxylation is 1. The third-order valence-corrected chi connectivity index (χ3v) is 3.03. The molecule has 0 saturated carbocycles. The predicted molar refractivity (Wildman–Crippen MR) is 75.4 cm³/mol.